The van der Waals surface area contributed by atoms with Crippen LogP contribution in [0.5, 0.6) is 0 Å². The fourth-order valence-corrected chi connectivity index (χ4v) is 3.99. The van der Waals surface area contributed by atoms with Crippen molar-refractivity contribution < 1.29 is 0 Å². The molecule has 0 atom stereocenters. The molecule has 3 N–H and O–H groups in total. The molecule has 0 saturated carbocycles. The van der Waals surface area contributed by atoms with E-state index in [0.29, 0.717) is 5.82 Å². The summed E-state index contributed by atoms with van der Waals surface area (Å²) >= 11 is 3.51. The largest absolute Gasteiger partial charge is 0.337 e. The van der Waals surface area contributed by atoms with Crippen LogP contribution < -0.4 is 10.6 Å². The number of H-pyrrole nitrogens is 1. The van der Waals surface area contributed by atoms with Crippen molar-refractivity contribution in [3.63, 3.8) is 0 Å². The van der Waals surface area contributed by atoms with E-state index in [1.165, 1.54) is 5.56 Å². The first-order chi connectivity index (χ1) is 14.3. The number of benzene rings is 1. The van der Waals surface area contributed by atoms with Crippen molar-refractivity contribution in [1.82, 2.24) is 34.8 Å². The minimum absolute atomic E-state index is 0.698. The molecule has 9 heteroatoms. The van der Waals surface area contributed by atoms with Gasteiger partial charge < -0.3 is 10.6 Å². The van der Waals surface area contributed by atoms with Gasteiger partial charge in [0.2, 0.25) is 0 Å². The summed E-state index contributed by atoms with van der Waals surface area (Å²) < 4.78 is 2.73. The Balaban J connectivity index is 1.38. The molecule has 0 unspecified atom stereocenters. The summed E-state index contributed by atoms with van der Waals surface area (Å²) in [6.45, 7) is 5.30. The average molecular weight is 453 g/mol. The Morgan fingerprint density at radius 2 is 1.93 bits per heavy atom. The lowest BCUT2D eigenvalue weighted by molar-refractivity contribution is 0.233. The third-order valence-corrected chi connectivity index (χ3v) is 5.47. The molecule has 4 aromatic rings. The van der Waals surface area contributed by atoms with E-state index in [1.807, 2.05) is 23.0 Å². The lowest BCUT2D eigenvalue weighted by Crippen LogP contribution is -2.42. The fourth-order valence-electron chi connectivity index (χ4n) is 3.61. The van der Waals surface area contributed by atoms with Gasteiger partial charge in [-0.1, -0.05) is 12.1 Å². The molecule has 1 saturated heterocycles. The van der Waals surface area contributed by atoms with Crippen LogP contribution in [0, 0.1) is 0 Å². The predicted molar refractivity (Wildman–Crippen MR) is 116 cm³/mol. The first-order valence-corrected chi connectivity index (χ1v) is 10.4. The van der Waals surface area contributed by atoms with E-state index in [0.717, 1.165) is 59.9 Å². The Labute approximate surface area is 176 Å². The zero-order valence-corrected chi connectivity index (χ0v) is 17.4. The number of rotatable bonds is 5. The number of nitrogens with zero attached hydrogens (tertiary/aromatic N) is 5. The Bertz CT molecular complexity index is 1100. The van der Waals surface area contributed by atoms with Crippen LogP contribution in [0.4, 0.5) is 11.5 Å². The van der Waals surface area contributed by atoms with Crippen molar-refractivity contribution in [2.24, 2.45) is 0 Å². The molecule has 1 aliphatic heterocycles. The minimum atomic E-state index is 0.698. The van der Waals surface area contributed by atoms with Crippen LogP contribution in [-0.2, 0) is 6.54 Å². The van der Waals surface area contributed by atoms with Crippen LogP contribution in [0.3, 0.4) is 0 Å². The van der Waals surface area contributed by atoms with Gasteiger partial charge in [-0.05, 0) is 33.6 Å². The van der Waals surface area contributed by atoms with Crippen LogP contribution in [0.2, 0.25) is 0 Å². The van der Waals surface area contributed by atoms with Crippen molar-refractivity contribution in [2.75, 3.05) is 31.5 Å². The van der Waals surface area contributed by atoms with Crippen LogP contribution in [0.25, 0.3) is 16.9 Å². The highest BCUT2D eigenvalue weighted by atomic mass is 79.9. The van der Waals surface area contributed by atoms with Crippen molar-refractivity contribution in [2.45, 2.75) is 6.54 Å². The van der Waals surface area contributed by atoms with Crippen molar-refractivity contribution in [3.05, 3.63) is 59.2 Å². The second kappa shape index (κ2) is 7.94. The highest BCUT2D eigenvalue weighted by molar-refractivity contribution is 9.10. The lowest BCUT2D eigenvalue weighted by Gasteiger charge is -2.27. The smallest absolute Gasteiger partial charge is 0.181 e. The van der Waals surface area contributed by atoms with Gasteiger partial charge in [0.25, 0.3) is 0 Å². The van der Waals surface area contributed by atoms with Gasteiger partial charge in [-0.15, -0.1) is 0 Å². The monoisotopic (exact) mass is 452 g/mol. The summed E-state index contributed by atoms with van der Waals surface area (Å²) in [7, 11) is 0. The zero-order valence-electron chi connectivity index (χ0n) is 15.8. The topological polar surface area (TPSA) is 86.2 Å². The number of hydrogen-bond donors (Lipinski definition) is 3. The normalized spacial score (nSPS) is 15.1. The summed E-state index contributed by atoms with van der Waals surface area (Å²) in [5.41, 5.74) is 4.97. The summed E-state index contributed by atoms with van der Waals surface area (Å²) in [4.78, 5) is 11.6. The second-order valence-electron chi connectivity index (χ2n) is 7.08. The third kappa shape index (κ3) is 3.89. The molecule has 1 fully saturated rings. The van der Waals surface area contributed by atoms with Crippen molar-refractivity contribution >= 4 is 33.1 Å². The van der Waals surface area contributed by atoms with Gasteiger partial charge in [0.1, 0.15) is 4.60 Å². The molecule has 29 heavy (non-hydrogen) atoms. The average Bonchev–Trinajstić information content (AvgIpc) is 3.40. The van der Waals surface area contributed by atoms with Crippen LogP contribution in [0.1, 0.15) is 5.56 Å². The van der Waals surface area contributed by atoms with Gasteiger partial charge in [-0.25, -0.2) is 9.97 Å². The second-order valence-corrected chi connectivity index (χ2v) is 7.90. The number of piperazine rings is 1. The maximum atomic E-state index is 4.59. The highest BCUT2D eigenvalue weighted by Crippen LogP contribution is 2.27. The third-order valence-electron chi connectivity index (χ3n) is 5.09. The predicted octanol–water partition coefficient (Wildman–Crippen LogP) is 3.03. The molecule has 5 rings (SSSR count). The Hall–Kier alpha value is -2.75. The molecular weight excluding hydrogens is 432 g/mol. The molecule has 0 bridgehead atoms. The molecule has 3 aromatic heterocycles. The van der Waals surface area contributed by atoms with Gasteiger partial charge in [-0.3, -0.25) is 14.4 Å². The number of aromatic nitrogens is 5. The summed E-state index contributed by atoms with van der Waals surface area (Å²) in [6, 6.07) is 8.52. The standard InChI is InChI=1S/C20H21BrN8/c21-18-13-29-17(15-9-24-25-10-15)11-23-20(29)19(27-18)26-16-3-1-14(2-4-16)12-28-7-5-22-6-8-28/h1-4,9-11,13,22H,5-8,12H2,(H,24,25)(H,26,27). The molecule has 1 aromatic carbocycles. The minimum Gasteiger partial charge on any atom is -0.337 e. The SMILES string of the molecule is Brc1cn2c(-c3cn[nH]c3)cnc2c(Nc2ccc(CN3CCNCC3)cc2)n1. The molecule has 148 valence electrons. The van der Waals surface area contributed by atoms with E-state index in [-0.39, 0.29) is 0 Å². The summed E-state index contributed by atoms with van der Waals surface area (Å²) in [5.74, 6) is 0.698. The quantitative estimate of drug-likeness (QED) is 0.431. The lowest BCUT2D eigenvalue weighted by atomic mass is 10.2. The summed E-state index contributed by atoms with van der Waals surface area (Å²) in [6.07, 6.45) is 7.37. The van der Waals surface area contributed by atoms with Crippen LogP contribution in [-0.4, -0.2) is 55.6 Å². The molecule has 0 spiro atoms. The first kappa shape index (κ1) is 18.3. The molecular formula is C20H21BrN8. The number of nitrogens with one attached hydrogen (secondary N) is 3. The van der Waals surface area contributed by atoms with E-state index < -0.39 is 0 Å². The number of anilines is 2. The maximum Gasteiger partial charge on any atom is 0.181 e. The number of halogens is 1. The van der Waals surface area contributed by atoms with Crippen molar-refractivity contribution in [3.8, 4) is 11.3 Å². The van der Waals surface area contributed by atoms with Gasteiger partial charge in [-0.2, -0.15) is 5.10 Å². The highest BCUT2D eigenvalue weighted by Gasteiger charge is 2.14. The molecule has 1 aliphatic rings. The molecule has 4 heterocycles. The van der Waals surface area contributed by atoms with Gasteiger partial charge in [0.05, 0.1) is 18.1 Å². The van der Waals surface area contributed by atoms with Crippen LogP contribution >= 0.6 is 15.9 Å². The first-order valence-electron chi connectivity index (χ1n) is 9.58. The molecule has 0 amide bonds. The Kier molecular flexibility index (Phi) is 5.01. The number of fused-ring (bicyclic) bond motifs is 1. The van der Waals surface area contributed by atoms with Crippen molar-refractivity contribution in [1.29, 1.82) is 0 Å². The number of hydrogen-bond acceptors (Lipinski definition) is 6. The number of aromatic amines is 1. The van der Waals surface area contributed by atoms with E-state index in [1.54, 1.807) is 6.20 Å². The van der Waals surface area contributed by atoms with E-state index >= 15 is 0 Å². The summed E-state index contributed by atoms with van der Waals surface area (Å²) in [5, 5.41) is 13.7. The van der Waals surface area contributed by atoms with Crippen LogP contribution in [0.15, 0.2) is 53.7 Å². The molecule has 0 aliphatic carbocycles. The Morgan fingerprint density at radius 3 is 2.69 bits per heavy atom. The maximum absolute atomic E-state index is 4.59. The molecule has 0 radical (unpaired) electrons. The fraction of sp³-hybridized carbons (Fsp3) is 0.250. The zero-order chi connectivity index (χ0) is 19.6. The van der Waals surface area contributed by atoms with Gasteiger partial charge in [0, 0.05) is 56.4 Å². The molecule has 8 nitrogen and oxygen atoms in total. The van der Waals surface area contributed by atoms with E-state index in [9.17, 15) is 0 Å². The Morgan fingerprint density at radius 1 is 1.10 bits per heavy atom. The number of imidazole rings is 1. The van der Waals surface area contributed by atoms with E-state index in [2.05, 4.69) is 75.9 Å². The van der Waals surface area contributed by atoms with Gasteiger partial charge >= 0.3 is 0 Å². The van der Waals surface area contributed by atoms with Gasteiger partial charge in [0.15, 0.2) is 11.5 Å². The van der Waals surface area contributed by atoms with E-state index in [4.69, 9.17) is 0 Å².